The molecule has 0 bridgehead atoms. The zero-order valence-corrected chi connectivity index (χ0v) is 10.7. The first kappa shape index (κ1) is 12.3. The number of phenolic OH excluding ortho intramolecular Hbond substituents is 3. The third-order valence-electron chi connectivity index (χ3n) is 2.97. The summed E-state index contributed by atoms with van der Waals surface area (Å²) >= 11 is 0. The molecule has 0 heterocycles. The third-order valence-corrected chi connectivity index (χ3v) is 2.97. The second-order valence-electron chi connectivity index (χ2n) is 4.66. The standard InChI is InChI=1S/C15H16O3/c1-8-4-9(2)6-11(5-8)12-7-10(3)13(16)15(18)14(12)17/h4-7,16-18H,1-3H3. The van der Waals surface area contributed by atoms with E-state index in [0.29, 0.717) is 11.1 Å². The summed E-state index contributed by atoms with van der Waals surface area (Å²) in [6.45, 7) is 5.63. The number of phenols is 3. The van der Waals surface area contributed by atoms with Gasteiger partial charge in [0.05, 0.1) is 0 Å². The molecule has 0 aliphatic carbocycles. The number of hydrogen-bond acceptors (Lipinski definition) is 3. The minimum Gasteiger partial charge on any atom is -0.504 e. The summed E-state index contributed by atoms with van der Waals surface area (Å²) in [7, 11) is 0. The largest absolute Gasteiger partial charge is 0.504 e. The van der Waals surface area contributed by atoms with E-state index in [0.717, 1.165) is 16.7 Å². The molecule has 0 fully saturated rings. The van der Waals surface area contributed by atoms with Gasteiger partial charge in [0.2, 0.25) is 5.75 Å². The molecule has 3 heteroatoms. The molecule has 2 aromatic rings. The van der Waals surface area contributed by atoms with Gasteiger partial charge in [-0.05, 0) is 38.0 Å². The van der Waals surface area contributed by atoms with Crippen LogP contribution in [0.25, 0.3) is 11.1 Å². The van der Waals surface area contributed by atoms with Crippen molar-refractivity contribution in [3.63, 3.8) is 0 Å². The van der Waals surface area contributed by atoms with Gasteiger partial charge in [-0.15, -0.1) is 0 Å². The average molecular weight is 244 g/mol. The molecule has 0 radical (unpaired) electrons. The molecule has 0 spiro atoms. The molecule has 0 aromatic heterocycles. The number of aromatic hydroxyl groups is 3. The van der Waals surface area contributed by atoms with Crippen molar-refractivity contribution in [3.05, 3.63) is 41.0 Å². The lowest BCUT2D eigenvalue weighted by Gasteiger charge is -2.11. The van der Waals surface area contributed by atoms with Crippen molar-refractivity contribution in [1.82, 2.24) is 0 Å². The summed E-state index contributed by atoms with van der Waals surface area (Å²) in [6, 6.07) is 7.56. The van der Waals surface area contributed by atoms with Gasteiger partial charge in [-0.2, -0.15) is 0 Å². The first-order valence-corrected chi connectivity index (χ1v) is 5.73. The zero-order valence-electron chi connectivity index (χ0n) is 10.7. The first-order valence-electron chi connectivity index (χ1n) is 5.73. The van der Waals surface area contributed by atoms with Gasteiger partial charge in [0, 0.05) is 5.56 Å². The summed E-state index contributed by atoms with van der Waals surface area (Å²) in [5.74, 6) is -1.03. The van der Waals surface area contributed by atoms with Crippen LogP contribution in [0.2, 0.25) is 0 Å². The molecule has 2 rings (SSSR count). The molecule has 18 heavy (non-hydrogen) atoms. The SMILES string of the molecule is Cc1cc(C)cc(-c2cc(C)c(O)c(O)c2O)c1. The lowest BCUT2D eigenvalue weighted by atomic mass is 9.97. The van der Waals surface area contributed by atoms with E-state index >= 15 is 0 Å². The summed E-state index contributed by atoms with van der Waals surface area (Å²) in [4.78, 5) is 0. The summed E-state index contributed by atoms with van der Waals surface area (Å²) in [5.41, 5.74) is 4.03. The van der Waals surface area contributed by atoms with Crippen LogP contribution in [0.15, 0.2) is 24.3 Å². The van der Waals surface area contributed by atoms with Crippen molar-refractivity contribution in [2.24, 2.45) is 0 Å². The molecule has 0 aliphatic heterocycles. The average Bonchev–Trinajstić information content (AvgIpc) is 2.30. The Morgan fingerprint density at radius 1 is 0.667 bits per heavy atom. The van der Waals surface area contributed by atoms with Crippen LogP contribution in [0.4, 0.5) is 0 Å². The predicted octanol–water partition coefficient (Wildman–Crippen LogP) is 3.40. The highest BCUT2D eigenvalue weighted by molar-refractivity contribution is 5.77. The molecule has 2 aromatic carbocycles. The van der Waals surface area contributed by atoms with Gasteiger partial charge in [-0.1, -0.05) is 29.3 Å². The lowest BCUT2D eigenvalue weighted by molar-refractivity contribution is 0.367. The molecule has 0 atom stereocenters. The van der Waals surface area contributed by atoms with Crippen LogP contribution in [0.1, 0.15) is 16.7 Å². The minimum absolute atomic E-state index is 0.277. The van der Waals surface area contributed by atoms with Crippen LogP contribution >= 0.6 is 0 Å². The highest BCUT2D eigenvalue weighted by Crippen LogP contribution is 2.44. The Morgan fingerprint density at radius 2 is 1.22 bits per heavy atom. The second kappa shape index (κ2) is 4.26. The molecule has 0 saturated carbocycles. The van der Waals surface area contributed by atoms with E-state index in [2.05, 4.69) is 0 Å². The van der Waals surface area contributed by atoms with Gasteiger partial charge >= 0.3 is 0 Å². The number of aryl methyl sites for hydroxylation is 3. The van der Waals surface area contributed by atoms with Crippen molar-refractivity contribution in [3.8, 4) is 28.4 Å². The molecule has 3 N–H and O–H groups in total. The first-order chi connectivity index (χ1) is 8.40. The van der Waals surface area contributed by atoms with E-state index in [9.17, 15) is 15.3 Å². The van der Waals surface area contributed by atoms with Crippen LogP contribution in [0.5, 0.6) is 17.2 Å². The lowest BCUT2D eigenvalue weighted by Crippen LogP contribution is -1.86. The Hall–Kier alpha value is -2.16. The van der Waals surface area contributed by atoms with Crippen molar-refractivity contribution in [2.45, 2.75) is 20.8 Å². The molecule has 0 saturated heterocycles. The Balaban J connectivity index is 2.71. The van der Waals surface area contributed by atoms with Gasteiger partial charge in [0.15, 0.2) is 11.5 Å². The van der Waals surface area contributed by atoms with Crippen molar-refractivity contribution in [1.29, 1.82) is 0 Å². The summed E-state index contributed by atoms with van der Waals surface area (Å²) < 4.78 is 0. The normalized spacial score (nSPS) is 10.6. The fraction of sp³-hybridized carbons (Fsp3) is 0.200. The van der Waals surface area contributed by atoms with Crippen molar-refractivity contribution >= 4 is 0 Å². The van der Waals surface area contributed by atoms with E-state index in [1.54, 1.807) is 13.0 Å². The molecule has 94 valence electrons. The summed E-state index contributed by atoms with van der Waals surface area (Å²) in [5, 5.41) is 29.2. The van der Waals surface area contributed by atoms with Gasteiger partial charge in [0.1, 0.15) is 0 Å². The molecular weight excluding hydrogens is 228 g/mol. The van der Waals surface area contributed by atoms with Crippen LogP contribution in [0.3, 0.4) is 0 Å². The molecule has 0 amide bonds. The highest BCUT2D eigenvalue weighted by Gasteiger charge is 2.15. The zero-order chi connectivity index (χ0) is 13.4. The Kier molecular flexibility index (Phi) is 2.91. The van der Waals surface area contributed by atoms with Gasteiger partial charge in [-0.25, -0.2) is 0 Å². The van der Waals surface area contributed by atoms with Crippen molar-refractivity contribution in [2.75, 3.05) is 0 Å². The molecular formula is C15H16O3. The van der Waals surface area contributed by atoms with Crippen molar-refractivity contribution < 1.29 is 15.3 Å². The van der Waals surface area contributed by atoms with E-state index in [1.807, 2.05) is 32.0 Å². The smallest absolute Gasteiger partial charge is 0.201 e. The van der Waals surface area contributed by atoms with Crippen LogP contribution in [-0.4, -0.2) is 15.3 Å². The monoisotopic (exact) mass is 244 g/mol. The van der Waals surface area contributed by atoms with Crippen LogP contribution in [-0.2, 0) is 0 Å². The maximum absolute atomic E-state index is 9.93. The van der Waals surface area contributed by atoms with E-state index in [-0.39, 0.29) is 11.5 Å². The Labute approximate surface area is 106 Å². The quantitative estimate of drug-likeness (QED) is 0.674. The Bertz CT molecular complexity index is 595. The van der Waals surface area contributed by atoms with Gasteiger partial charge < -0.3 is 15.3 Å². The molecule has 0 unspecified atom stereocenters. The summed E-state index contributed by atoms with van der Waals surface area (Å²) in [6.07, 6.45) is 0. The Morgan fingerprint density at radius 3 is 1.78 bits per heavy atom. The minimum atomic E-state index is -0.468. The van der Waals surface area contributed by atoms with E-state index < -0.39 is 5.75 Å². The second-order valence-corrected chi connectivity index (χ2v) is 4.66. The number of benzene rings is 2. The molecule has 0 aliphatic rings. The maximum atomic E-state index is 9.93. The van der Waals surface area contributed by atoms with Crippen LogP contribution in [0, 0.1) is 20.8 Å². The van der Waals surface area contributed by atoms with Gasteiger partial charge in [-0.3, -0.25) is 0 Å². The van der Waals surface area contributed by atoms with Crippen LogP contribution < -0.4 is 0 Å². The van der Waals surface area contributed by atoms with E-state index in [1.165, 1.54) is 0 Å². The molecule has 3 nitrogen and oxygen atoms in total. The highest BCUT2D eigenvalue weighted by atomic mass is 16.3. The topological polar surface area (TPSA) is 60.7 Å². The predicted molar refractivity (Wildman–Crippen MR) is 71.1 cm³/mol. The van der Waals surface area contributed by atoms with Gasteiger partial charge in [0.25, 0.3) is 0 Å². The number of hydrogen-bond donors (Lipinski definition) is 3. The maximum Gasteiger partial charge on any atom is 0.201 e. The fourth-order valence-corrected chi connectivity index (χ4v) is 2.13. The van der Waals surface area contributed by atoms with E-state index in [4.69, 9.17) is 0 Å². The third kappa shape index (κ3) is 1.99. The number of rotatable bonds is 1. The fourth-order valence-electron chi connectivity index (χ4n) is 2.13.